The predicted molar refractivity (Wildman–Crippen MR) is 94.7 cm³/mol. The molecular weight excluding hydrogens is 373 g/mol. The molecule has 3 rings (SSSR count). The summed E-state index contributed by atoms with van der Waals surface area (Å²) in [5, 5.41) is 1.39. The Labute approximate surface area is 153 Å². The third kappa shape index (κ3) is 3.36. The molecule has 2 aromatic rings. The molecule has 24 heavy (non-hydrogen) atoms. The van der Waals surface area contributed by atoms with Crippen molar-refractivity contribution in [1.82, 2.24) is 0 Å². The number of ether oxygens (including phenoxy) is 1. The molecule has 0 aromatic heterocycles. The highest BCUT2D eigenvalue weighted by molar-refractivity contribution is 6.52. The van der Waals surface area contributed by atoms with Crippen molar-refractivity contribution < 1.29 is 14.3 Å². The summed E-state index contributed by atoms with van der Waals surface area (Å²) in [7, 11) is 0. The van der Waals surface area contributed by atoms with Crippen LogP contribution in [0.3, 0.4) is 0 Å². The molecule has 0 bridgehead atoms. The summed E-state index contributed by atoms with van der Waals surface area (Å²) in [5.41, 5.74) is 0.924. The van der Waals surface area contributed by atoms with Gasteiger partial charge in [-0.15, -0.1) is 0 Å². The van der Waals surface area contributed by atoms with Crippen LogP contribution >= 0.6 is 34.8 Å². The largest absolute Gasteiger partial charge is 0.492 e. The lowest BCUT2D eigenvalue weighted by atomic mass is 10.1. The average molecular weight is 385 g/mol. The molecule has 124 valence electrons. The van der Waals surface area contributed by atoms with E-state index in [9.17, 15) is 9.59 Å². The minimum atomic E-state index is -0.545. The van der Waals surface area contributed by atoms with Crippen LogP contribution in [-0.2, 0) is 4.79 Å². The molecule has 0 radical (unpaired) electrons. The summed E-state index contributed by atoms with van der Waals surface area (Å²) in [6, 6.07) is 9.82. The van der Waals surface area contributed by atoms with E-state index in [0.717, 1.165) is 0 Å². The maximum absolute atomic E-state index is 12.1. The van der Waals surface area contributed by atoms with E-state index < -0.39 is 11.7 Å². The Morgan fingerprint density at radius 1 is 0.958 bits per heavy atom. The molecule has 4 nitrogen and oxygen atoms in total. The number of rotatable bonds is 5. The standard InChI is InChI=1S/C17H12Cl3NO3/c18-10-2-4-14-12(8-10)16(22)17(23)21(14)6-1-7-24-15-5-3-11(19)9-13(15)20/h2-5,8-9H,1,6-7H2. The fourth-order valence-corrected chi connectivity index (χ4v) is 3.13. The number of halogens is 3. The molecule has 0 unspecified atom stereocenters. The number of ketones is 1. The van der Waals surface area contributed by atoms with Crippen LogP contribution in [0.4, 0.5) is 5.69 Å². The summed E-state index contributed by atoms with van der Waals surface area (Å²) >= 11 is 17.7. The molecule has 1 amide bonds. The Hall–Kier alpha value is -1.75. The van der Waals surface area contributed by atoms with E-state index >= 15 is 0 Å². The van der Waals surface area contributed by atoms with Gasteiger partial charge < -0.3 is 9.64 Å². The molecular formula is C17H12Cl3NO3. The van der Waals surface area contributed by atoms with Crippen LogP contribution in [0.2, 0.25) is 15.1 Å². The topological polar surface area (TPSA) is 46.6 Å². The molecule has 7 heteroatoms. The maximum atomic E-state index is 12.1. The predicted octanol–water partition coefficient (Wildman–Crippen LogP) is 4.65. The third-order valence-electron chi connectivity index (χ3n) is 3.61. The second-order valence-electron chi connectivity index (χ2n) is 5.22. The monoisotopic (exact) mass is 383 g/mol. The van der Waals surface area contributed by atoms with E-state index in [-0.39, 0.29) is 0 Å². The highest BCUT2D eigenvalue weighted by Crippen LogP contribution is 2.31. The Morgan fingerprint density at radius 2 is 1.67 bits per heavy atom. The van der Waals surface area contributed by atoms with E-state index in [1.807, 2.05) is 0 Å². The Morgan fingerprint density at radius 3 is 2.42 bits per heavy atom. The Bertz CT molecular complexity index is 823. The number of Topliss-reactive ketones (excluding diaryl/α,β-unsaturated/α-hetero) is 1. The van der Waals surface area contributed by atoms with E-state index in [4.69, 9.17) is 39.5 Å². The van der Waals surface area contributed by atoms with Crippen molar-refractivity contribution in [2.75, 3.05) is 18.1 Å². The number of hydrogen-bond donors (Lipinski definition) is 0. The first-order chi connectivity index (χ1) is 11.5. The van der Waals surface area contributed by atoms with Gasteiger partial charge in [0.2, 0.25) is 0 Å². The molecule has 0 fully saturated rings. The van der Waals surface area contributed by atoms with E-state index in [0.29, 0.717) is 51.6 Å². The zero-order valence-corrected chi connectivity index (χ0v) is 14.7. The van der Waals surface area contributed by atoms with Gasteiger partial charge in [0.25, 0.3) is 11.7 Å². The van der Waals surface area contributed by atoms with Gasteiger partial charge in [0, 0.05) is 16.6 Å². The van der Waals surface area contributed by atoms with Crippen molar-refractivity contribution in [2.45, 2.75) is 6.42 Å². The van der Waals surface area contributed by atoms with E-state index in [1.54, 1.807) is 30.3 Å². The highest BCUT2D eigenvalue weighted by Gasteiger charge is 2.35. The smallest absolute Gasteiger partial charge is 0.299 e. The number of benzene rings is 2. The maximum Gasteiger partial charge on any atom is 0.299 e. The number of fused-ring (bicyclic) bond motifs is 1. The molecule has 0 aliphatic carbocycles. The van der Waals surface area contributed by atoms with Gasteiger partial charge in [-0.2, -0.15) is 0 Å². The fraction of sp³-hybridized carbons (Fsp3) is 0.176. The Kier molecular flexibility index (Phi) is 4.99. The van der Waals surface area contributed by atoms with Crippen LogP contribution in [0.15, 0.2) is 36.4 Å². The number of amides is 1. The quantitative estimate of drug-likeness (QED) is 0.557. The van der Waals surface area contributed by atoms with Gasteiger partial charge in [-0.3, -0.25) is 9.59 Å². The van der Waals surface area contributed by atoms with Gasteiger partial charge >= 0.3 is 0 Å². The van der Waals surface area contributed by atoms with Crippen molar-refractivity contribution in [2.24, 2.45) is 0 Å². The molecule has 0 N–H and O–H groups in total. The SMILES string of the molecule is O=C1C(=O)N(CCCOc2ccc(Cl)cc2Cl)c2ccc(Cl)cc21. The number of hydrogen-bond acceptors (Lipinski definition) is 3. The van der Waals surface area contributed by atoms with Gasteiger partial charge in [-0.1, -0.05) is 34.8 Å². The van der Waals surface area contributed by atoms with Gasteiger partial charge in [-0.25, -0.2) is 0 Å². The van der Waals surface area contributed by atoms with Crippen molar-refractivity contribution in [3.63, 3.8) is 0 Å². The molecule has 0 saturated heterocycles. The molecule has 2 aromatic carbocycles. The van der Waals surface area contributed by atoms with Crippen LogP contribution < -0.4 is 9.64 Å². The third-order valence-corrected chi connectivity index (χ3v) is 4.38. The normalized spacial score (nSPS) is 13.4. The van der Waals surface area contributed by atoms with Crippen LogP contribution in [0.25, 0.3) is 0 Å². The van der Waals surface area contributed by atoms with Gasteiger partial charge in [0.15, 0.2) is 0 Å². The molecule has 0 atom stereocenters. The molecule has 0 saturated carbocycles. The average Bonchev–Trinajstić information content (AvgIpc) is 2.77. The number of anilines is 1. The van der Waals surface area contributed by atoms with E-state index in [2.05, 4.69) is 0 Å². The van der Waals surface area contributed by atoms with Gasteiger partial charge in [0.05, 0.1) is 22.9 Å². The fourth-order valence-electron chi connectivity index (χ4n) is 2.49. The van der Waals surface area contributed by atoms with Crippen molar-refractivity contribution in [3.05, 3.63) is 57.0 Å². The minimum Gasteiger partial charge on any atom is -0.492 e. The highest BCUT2D eigenvalue weighted by atomic mass is 35.5. The summed E-state index contributed by atoms with van der Waals surface area (Å²) in [6.45, 7) is 0.715. The summed E-state index contributed by atoms with van der Waals surface area (Å²) < 4.78 is 5.59. The molecule has 1 heterocycles. The minimum absolute atomic E-state index is 0.342. The van der Waals surface area contributed by atoms with Gasteiger partial charge in [0.1, 0.15) is 5.75 Å². The summed E-state index contributed by atoms with van der Waals surface area (Å²) in [5.74, 6) is -0.553. The second kappa shape index (κ2) is 7.01. The lowest BCUT2D eigenvalue weighted by Crippen LogP contribution is -2.31. The van der Waals surface area contributed by atoms with Crippen LogP contribution in [0, 0.1) is 0 Å². The molecule has 1 aliphatic rings. The number of nitrogens with zero attached hydrogens (tertiary/aromatic N) is 1. The first-order valence-electron chi connectivity index (χ1n) is 7.21. The first kappa shape index (κ1) is 17.1. The van der Waals surface area contributed by atoms with Crippen molar-refractivity contribution >= 4 is 52.2 Å². The lowest BCUT2D eigenvalue weighted by molar-refractivity contribution is -0.114. The van der Waals surface area contributed by atoms with Crippen LogP contribution in [-0.4, -0.2) is 24.8 Å². The second-order valence-corrected chi connectivity index (χ2v) is 6.50. The van der Waals surface area contributed by atoms with Crippen LogP contribution in [0.5, 0.6) is 5.75 Å². The zero-order chi connectivity index (χ0) is 17.3. The summed E-state index contributed by atoms with van der Waals surface area (Å²) in [6.07, 6.45) is 0.542. The number of carbonyl (C=O) groups excluding carboxylic acids is 2. The first-order valence-corrected chi connectivity index (χ1v) is 8.34. The lowest BCUT2D eigenvalue weighted by Gasteiger charge is -2.16. The number of carbonyl (C=O) groups is 2. The van der Waals surface area contributed by atoms with Gasteiger partial charge in [-0.05, 0) is 42.8 Å². The van der Waals surface area contributed by atoms with E-state index in [1.165, 1.54) is 11.0 Å². The van der Waals surface area contributed by atoms with Crippen molar-refractivity contribution in [3.8, 4) is 5.75 Å². The summed E-state index contributed by atoms with van der Waals surface area (Å²) in [4.78, 5) is 25.5. The molecule has 0 spiro atoms. The zero-order valence-electron chi connectivity index (χ0n) is 12.4. The molecule has 1 aliphatic heterocycles. The van der Waals surface area contributed by atoms with Crippen molar-refractivity contribution in [1.29, 1.82) is 0 Å². The van der Waals surface area contributed by atoms with Crippen LogP contribution in [0.1, 0.15) is 16.8 Å². The Balaban J connectivity index is 1.61.